The van der Waals surface area contributed by atoms with Crippen molar-refractivity contribution in [2.24, 2.45) is 11.8 Å². The Hall–Kier alpha value is -2.54. The first-order valence-corrected chi connectivity index (χ1v) is 7.13. The third-order valence-corrected chi connectivity index (χ3v) is 3.88. The Morgan fingerprint density at radius 1 is 1.27 bits per heavy atom. The fourth-order valence-electron chi connectivity index (χ4n) is 2.81. The molecular formula is C15H13N3O3S. The van der Waals surface area contributed by atoms with Gasteiger partial charge in [-0.1, -0.05) is 36.5 Å². The molecule has 2 aliphatic carbocycles. The second kappa shape index (κ2) is 5.34. The van der Waals surface area contributed by atoms with Crippen LogP contribution in [0.15, 0.2) is 47.6 Å². The fraction of sp³-hybridized carbons (Fsp3) is 0.200. The smallest absolute Gasteiger partial charge is 0.276 e. The first kappa shape index (κ1) is 14.4. The van der Waals surface area contributed by atoms with Crippen molar-refractivity contribution < 1.29 is 14.4 Å². The summed E-state index contributed by atoms with van der Waals surface area (Å²) in [7, 11) is 0. The van der Waals surface area contributed by atoms with Gasteiger partial charge in [-0.2, -0.15) is 5.01 Å². The van der Waals surface area contributed by atoms with Gasteiger partial charge in [0.15, 0.2) is 5.11 Å². The lowest BCUT2D eigenvalue weighted by Crippen LogP contribution is -2.60. The van der Waals surface area contributed by atoms with Gasteiger partial charge in [0.2, 0.25) is 5.91 Å². The summed E-state index contributed by atoms with van der Waals surface area (Å²) in [6.07, 6.45) is 10.9. The fourth-order valence-corrected chi connectivity index (χ4v) is 3.04. The second-order valence-corrected chi connectivity index (χ2v) is 5.55. The molecule has 1 fully saturated rings. The number of amides is 3. The highest BCUT2D eigenvalue weighted by atomic mass is 32.1. The Labute approximate surface area is 132 Å². The molecule has 3 rings (SSSR count). The number of piperidine rings is 1. The van der Waals surface area contributed by atoms with Crippen molar-refractivity contribution in [3.8, 4) is 0 Å². The number of imide groups is 1. The van der Waals surface area contributed by atoms with E-state index in [0.717, 1.165) is 10.6 Å². The molecule has 22 heavy (non-hydrogen) atoms. The highest BCUT2D eigenvalue weighted by molar-refractivity contribution is 7.80. The standard InChI is InChI=1S/C15H13N3O3S/c1-8(19)16-15(22)17-18-13(20)10-6-2-4-9-5-3-7-11(12(9)10)14(18)21/h2-7,10,12H,1H3,(H2,16,17,19,22)/t10-,12+/m1/s1. The van der Waals surface area contributed by atoms with Crippen LogP contribution in [0, 0.1) is 11.8 Å². The predicted molar refractivity (Wildman–Crippen MR) is 82.8 cm³/mol. The molecule has 0 radical (unpaired) electrons. The van der Waals surface area contributed by atoms with Gasteiger partial charge in [-0.3, -0.25) is 19.8 Å². The topological polar surface area (TPSA) is 78.5 Å². The van der Waals surface area contributed by atoms with Crippen molar-refractivity contribution >= 4 is 35.1 Å². The number of carbonyl (C=O) groups is 3. The van der Waals surface area contributed by atoms with Crippen LogP contribution in [0.1, 0.15) is 6.92 Å². The van der Waals surface area contributed by atoms with Crippen LogP contribution in [0.25, 0.3) is 0 Å². The molecule has 6 nitrogen and oxygen atoms in total. The zero-order chi connectivity index (χ0) is 15.9. The molecule has 0 aromatic heterocycles. The average Bonchev–Trinajstić information content (AvgIpc) is 2.48. The maximum absolute atomic E-state index is 12.6. The Bertz CT molecular complexity index is 718. The van der Waals surface area contributed by atoms with E-state index >= 15 is 0 Å². The van der Waals surface area contributed by atoms with Gasteiger partial charge >= 0.3 is 0 Å². The molecule has 0 unspecified atom stereocenters. The van der Waals surface area contributed by atoms with Crippen molar-refractivity contribution in [3.05, 3.63) is 47.6 Å². The number of carbonyl (C=O) groups excluding carboxylic acids is 3. The van der Waals surface area contributed by atoms with Gasteiger partial charge < -0.3 is 5.32 Å². The molecule has 0 aromatic rings. The van der Waals surface area contributed by atoms with E-state index in [4.69, 9.17) is 12.2 Å². The van der Waals surface area contributed by atoms with Crippen LogP contribution in [0.3, 0.4) is 0 Å². The maximum Gasteiger partial charge on any atom is 0.276 e. The van der Waals surface area contributed by atoms with E-state index in [-0.39, 0.29) is 16.9 Å². The van der Waals surface area contributed by atoms with Gasteiger partial charge in [-0.15, -0.1) is 0 Å². The summed E-state index contributed by atoms with van der Waals surface area (Å²) in [6.45, 7) is 1.29. The summed E-state index contributed by atoms with van der Waals surface area (Å²) in [5, 5.41) is 3.12. The maximum atomic E-state index is 12.6. The quantitative estimate of drug-likeness (QED) is 0.544. The number of hydrogen-bond donors (Lipinski definition) is 2. The monoisotopic (exact) mass is 315 g/mol. The summed E-state index contributed by atoms with van der Waals surface area (Å²) in [4.78, 5) is 36.1. The Balaban J connectivity index is 1.91. The van der Waals surface area contributed by atoms with Crippen molar-refractivity contribution in [1.29, 1.82) is 0 Å². The lowest BCUT2D eigenvalue weighted by Gasteiger charge is -2.39. The zero-order valence-electron chi connectivity index (χ0n) is 11.7. The van der Waals surface area contributed by atoms with Crippen LogP contribution in [0.2, 0.25) is 0 Å². The molecule has 0 saturated carbocycles. The number of nitrogens with zero attached hydrogens (tertiary/aromatic N) is 1. The summed E-state index contributed by atoms with van der Waals surface area (Å²) in [5.74, 6) is -1.93. The first-order valence-electron chi connectivity index (χ1n) is 6.72. The number of nitrogens with one attached hydrogen (secondary N) is 2. The van der Waals surface area contributed by atoms with E-state index in [9.17, 15) is 14.4 Å². The minimum atomic E-state index is -0.457. The summed E-state index contributed by atoms with van der Waals surface area (Å²) >= 11 is 4.92. The van der Waals surface area contributed by atoms with Crippen LogP contribution >= 0.6 is 12.2 Å². The number of rotatable bonds is 1. The highest BCUT2D eigenvalue weighted by Gasteiger charge is 2.46. The van der Waals surface area contributed by atoms with Crippen LogP contribution in [-0.2, 0) is 14.4 Å². The Morgan fingerprint density at radius 3 is 2.77 bits per heavy atom. The van der Waals surface area contributed by atoms with Crippen LogP contribution in [0.4, 0.5) is 0 Å². The van der Waals surface area contributed by atoms with Gasteiger partial charge in [0, 0.05) is 18.4 Å². The van der Waals surface area contributed by atoms with E-state index < -0.39 is 17.7 Å². The normalized spacial score (nSPS) is 25.2. The molecule has 3 aliphatic rings. The molecule has 1 heterocycles. The van der Waals surface area contributed by atoms with Crippen molar-refractivity contribution in [3.63, 3.8) is 0 Å². The molecule has 1 saturated heterocycles. The van der Waals surface area contributed by atoms with Crippen molar-refractivity contribution in [1.82, 2.24) is 15.8 Å². The van der Waals surface area contributed by atoms with E-state index in [1.54, 1.807) is 18.2 Å². The van der Waals surface area contributed by atoms with E-state index in [0.29, 0.717) is 5.57 Å². The van der Waals surface area contributed by atoms with Gasteiger partial charge in [-0.25, -0.2) is 0 Å². The Morgan fingerprint density at radius 2 is 2.05 bits per heavy atom. The molecule has 2 N–H and O–H groups in total. The minimum Gasteiger partial charge on any atom is -0.302 e. The molecule has 7 heteroatoms. The third-order valence-electron chi connectivity index (χ3n) is 3.68. The third kappa shape index (κ3) is 2.29. The molecule has 1 aliphatic heterocycles. The SMILES string of the molecule is CC(=O)NC(=S)NN1C(=O)C2=CC=CC3=CC=C[C@@H](C1=O)[C@H]32. The molecule has 0 bridgehead atoms. The highest BCUT2D eigenvalue weighted by Crippen LogP contribution is 2.40. The van der Waals surface area contributed by atoms with Gasteiger partial charge in [0.25, 0.3) is 11.8 Å². The van der Waals surface area contributed by atoms with E-state index in [1.165, 1.54) is 6.92 Å². The van der Waals surface area contributed by atoms with Crippen LogP contribution < -0.4 is 10.7 Å². The second-order valence-electron chi connectivity index (χ2n) is 5.14. The number of allylic oxidation sites excluding steroid dienone is 6. The molecule has 2 atom stereocenters. The largest absolute Gasteiger partial charge is 0.302 e. The molecule has 0 aromatic carbocycles. The average molecular weight is 315 g/mol. The summed E-state index contributed by atoms with van der Waals surface area (Å²) in [6, 6.07) is 0. The van der Waals surface area contributed by atoms with Crippen LogP contribution in [0.5, 0.6) is 0 Å². The van der Waals surface area contributed by atoms with E-state index in [2.05, 4.69) is 10.7 Å². The van der Waals surface area contributed by atoms with Crippen molar-refractivity contribution in [2.75, 3.05) is 0 Å². The van der Waals surface area contributed by atoms with Crippen LogP contribution in [-0.4, -0.2) is 27.8 Å². The molecule has 0 spiro atoms. The molecule has 112 valence electrons. The number of hydrazine groups is 1. The minimum absolute atomic E-state index is 0.0878. The lowest BCUT2D eigenvalue weighted by molar-refractivity contribution is -0.150. The number of hydrogen-bond acceptors (Lipinski definition) is 4. The first-order chi connectivity index (χ1) is 10.5. The lowest BCUT2D eigenvalue weighted by atomic mass is 9.72. The summed E-state index contributed by atoms with van der Waals surface area (Å²) in [5.41, 5.74) is 3.97. The van der Waals surface area contributed by atoms with Gasteiger partial charge in [0.05, 0.1) is 5.92 Å². The van der Waals surface area contributed by atoms with Crippen molar-refractivity contribution in [2.45, 2.75) is 6.92 Å². The van der Waals surface area contributed by atoms with Gasteiger partial charge in [0.1, 0.15) is 0 Å². The summed E-state index contributed by atoms with van der Waals surface area (Å²) < 4.78 is 0. The van der Waals surface area contributed by atoms with E-state index in [1.807, 2.05) is 18.2 Å². The van der Waals surface area contributed by atoms with Gasteiger partial charge in [-0.05, 0) is 17.8 Å². The Kier molecular flexibility index (Phi) is 3.50. The predicted octanol–water partition coefficient (Wildman–Crippen LogP) is 0.506. The molecular weight excluding hydrogens is 302 g/mol. The zero-order valence-corrected chi connectivity index (χ0v) is 12.5. The molecule has 3 amide bonds. The number of thiocarbonyl (C=S) groups is 1.